The molecule has 7 nitrogen and oxygen atoms in total. The number of anilines is 1. The van der Waals surface area contributed by atoms with Gasteiger partial charge in [-0.15, -0.1) is 0 Å². The van der Waals surface area contributed by atoms with Gasteiger partial charge in [0.15, 0.2) is 0 Å². The first-order chi connectivity index (χ1) is 15.4. The zero-order chi connectivity index (χ0) is 22.7. The number of benzene rings is 1. The van der Waals surface area contributed by atoms with E-state index in [4.69, 9.17) is 16.7 Å². The monoisotopic (exact) mass is 461 g/mol. The van der Waals surface area contributed by atoms with Gasteiger partial charge in [0.2, 0.25) is 5.91 Å². The van der Waals surface area contributed by atoms with Gasteiger partial charge in [-0.05, 0) is 80.9 Å². The third-order valence-corrected chi connectivity index (χ3v) is 7.91. The van der Waals surface area contributed by atoms with Gasteiger partial charge < -0.3 is 10.0 Å². The molecule has 32 heavy (non-hydrogen) atoms. The number of amides is 4. The Labute approximate surface area is 194 Å². The molecule has 0 radical (unpaired) electrons. The molecule has 1 aliphatic carbocycles. The van der Waals surface area contributed by atoms with Crippen LogP contribution in [0.25, 0.3) is 0 Å². The molecule has 0 unspecified atom stereocenters. The maximum atomic E-state index is 13.2. The molecular weight excluding hydrogens is 430 g/mol. The number of hydrogen-bond acceptors (Lipinski definition) is 4. The smallest absolute Gasteiger partial charge is 0.328 e. The maximum Gasteiger partial charge on any atom is 0.328 e. The van der Waals surface area contributed by atoms with Crippen LogP contribution in [0.4, 0.5) is 10.5 Å². The molecule has 4 rings (SSSR count). The van der Waals surface area contributed by atoms with Crippen LogP contribution in [0.3, 0.4) is 0 Å². The summed E-state index contributed by atoms with van der Waals surface area (Å²) in [6.07, 6.45) is 9.19. The lowest BCUT2D eigenvalue weighted by Crippen LogP contribution is -2.49. The van der Waals surface area contributed by atoms with Gasteiger partial charge in [0, 0.05) is 38.2 Å². The number of carbonyl (C=O) groups is 3. The minimum Gasteiger partial charge on any atom is -0.396 e. The summed E-state index contributed by atoms with van der Waals surface area (Å²) >= 11 is 6.32. The van der Waals surface area contributed by atoms with Crippen LogP contribution in [-0.4, -0.2) is 54.1 Å². The van der Waals surface area contributed by atoms with Gasteiger partial charge in [-0.3, -0.25) is 19.8 Å². The summed E-state index contributed by atoms with van der Waals surface area (Å²) in [5.41, 5.74) is 1.32. The molecule has 0 atom stereocenters. The fourth-order valence-electron chi connectivity index (χ4n) is 5.47. The summed E-state index contributed by atoms with van der Waals surface area (Å²) in [6.45, 7) is 2.02. The van der Waals surface area contributed by atoms with Gasteiger partial charge >= 0.3 is 6.03 Å². The van der Waals surface area contributed by atoms with Crippen molar-refractivity contribution in [1.82, 2.24) is 10.2 Å². The molecule has 0 bridgehead atoms. The van der Waals surface area contributed by atoms with E-state index >= 15 is 0 Å². The van der Waals surface area contributed by atoms with Crippen molar-refractivity contribution in [1.29, 1.82) is 0 Å². The lowest BCUT2D eigenvalue weighted by molar-refractivity contribution is -0.120. The summed E-state index contributed by atoms with van der Waals surface area (Å²) in [5.74, 6) is 0.393. The van der Waals surface area contributed by atoms with Crippen LogP contribution in [-0.2, 0) is 4.79 Å². The van der Waals surface area contributed by atoms with Crippen molar-refractivity contribution in [3.8, 4) is 0 Å². The Morgan fingerprint density at radius 3 is 2.50 bits per heavy atom. The van der Waals surface area contributed by atoms with E-state index in [2.05, 4.69) is 5.32 Å². The third kappa shape index (κ3) is 4.94. The molecule has 1 saturated carbocycles. The number of rotatable bonds is 5. The normalized spacial score (nSPS) is 21.7. The van der Waals surface area contributed by atoms with E-state index in [9.17, 15) is 14.4 Å². The van der Waals surface area contributed by atoms with Gasteiger partial charge in [-0.1, -0.05) is 11.6 Å². The number of carbonyl (C=O) groups excluding carboxylic acids is 3. The highest BCUT2D eigenvalue weighted by Crippen LogP contribution is 2.47. The Balaban J connectivity index is 1.38. The van der Waals surface area contributed by atoms with Gasteiger partial charge in [0.1, 0.15) is 0 Å². The number of nitrogens with zero attached hydrogens (tertiary/aromatic N) is 2. The predicted molar refractivity (Wildman–Crippen MR) is 123 cm³/mol. The van der Waals surface area contributed by atoms with E-state index in [0.717, 1.165) is 44.7 Å². The first kappa shape index (κ1) is 23.1. The van der Waals surface area contributed by atoms with Gasteiger partial charge in [0.05, 0.1) is 10.7 Å². The number of urea groups is 1. The topological polar surface area (TPSA) is 90.0 Å². The molecule has 2 aliphatic heterocycles. The summed E-state index contributed by atoms with van der Waals surface area (Å²) in [4.78, 5) is 40.2. The van der Waals surface area contributed by atoms with Crippen LogP contribution in [0.1, 0.15) is 68.1 Å². The van der Waals surface area contributed by atoms with Crippen molar-refractivity contribution in [3.05, 3.63) is 28.8 Å². The Bertz CT molecular complexity index is 872. The fraction of sp³-hybridized carbons (Fsp3) is 0.625. The summed E-state index contributed by atoms with van der Waals surface area (Å²) < 4.78 is 0. The first-order valence-electron chi connectivity index (χ1n) is 11.7. The highest BCUT2D eigenvalue weighted by atomic mass is 35.5. The van der Waals surface area contributed by atoms with Crippen molar-refractivity contribution in [2.24, 2.45) is 11.3 Å². The van der Waals surface area contributed by atoms with E-state index in [1.807, 2.05) is 4.90 Å². The standard InChI is InChI=1S/C24H32ClN3O4/c25-19-4-3-18(16-20(19)28-12-7-21(30)26-23(28)32)22(31)27-13-10-24(11-14-27)8-5-17(6-9-24)2-1-15-29/h3-4,16-17,29H,1-2,5-15H2,(H,26,30,32). The van der Waals surface area contributed by atoms with Gasteiger partial charge in [-0.2, -0.15) is 0 Å². The Hall–Kier alpha value is -2.12. The molecule has 3 fully saturated rings. The number of piperidine rings is 1. The van der Waals surface area contributed by atoms with Crippen LogP contribution in [0.15, 0.2) is 18.2 Å². The Morgan fingerprint density at radius 1 is 1.12 bits per heavy atom. The molecule has 2 saturated heterocycles. The summed E-state index contributed by atoms with van der Waals surface area (Å²) in [6, 6.07) is 4.50. The van der Waals surface area contributed by atoms with Crippen LogP contribution in [0.2, 0.25) is 5.02 Å². The zero-order valence-electron chi connectivity index (χ0n) is 18.4. The molecule has 2 N–H and O–H groups in total. The molecular formula is C24H32ClN3O4. The Morgan fingerprint density at radius 2 is 1.84 bits per heavy atom. The number of aliphatic hydroxyl groups excluding tert-OH is 1. The van der Waals surface area contributed by atoms with Crippen LogP contribution < -0.4 is 10.2 Å². The Kier molecular flexibility index (Phi) is 7.05. The van der Waals surface area contributed by atoms with Crippen LogP contribution in [0, 0.1) is 11.3 Å². The predicted octanol–water partition coefficient (Wildman–Crippen LogP) is 3.97. The molecule has 3 aliphatic rings. The lowest BCUT2D eigenvalue weighted by Gasteiger charge is -2.46. The van der Waals surface area contributed by atoms with Crippen molar-refractivity contribution in [2.45, 2.75) is 57.8 Å². The second-order valence-corrected chi connectivity index (χ2v) is 9.93. The van der Waals surface area contributed by atoms with E-state index in [0.29, 0.717) is 21.7 Å². The summed E-state index contributed by atoms with van der Waals surface area (Å²) in [5, 5.41) is 11.7. The molecule has 174 valence electrons. The molecule has 0 aromatic heterocycles. The zero-order valence-corrected chi connectivity index (χ0v) is 19.2. The molecule has 2 heterocycles. The van der Waals surface area contributed by atoms with E-state index in [1.54, 1.807) is 18.2 Å². The fourth-order valence-corrected chi connectivity index (χ4v) is 5.69. The average Bonchev–Trinajstić information content (AvgIpc) is 2.80. The van der Waals surface area contributed by atoms with Crippen molar-refractivity contribution >= 4 is 35.1 Å². The SMILES string of the molecule is O=C1CCN(c2cc(C(=O)N3CCC4(CCC(CCCO)CC4)CC3)ccc2Cl)C(=O)N1. The second kappa shape index (κ2) is 9.79. The quantitative estimate of drug-likeness (QED) is 0.694. The van der Waals surface area contributed by atoms with Crippen molar-refractivity contribution in [2.75, 3.05) is 31.1 Å². The highest BCUT2D eigenvalue weighted by Gasteiger charge is 2.39. The van der Waals surface area contributed by atoms with Crippen molar-refractivity contribution in [3.63, 3.8) is 0 Å². The van der Waals surface area contributed by atoms with Gasteiger partial charge in [0.25, 0.3) is 5.91 Å². The second-order valence-electron chi connectivity index (χ2n) is 9.52. The van der Waals surface area contributed by atoms with Gasteiger partial charge in [-0.25, -0.2) is 4.79 Å². The van der Waals surface area contributed by atoms with E-state index in [1.165, 1.54) is 30.6 Å². The van der Waals surface area contributed by atoms with E-state index in [-0.39, 0.29) is 31.4 Å². The van der Waals surface area contributed by atoms with E-state index < -0.39 is 6.03 Å². The summed E-state index contributed by atoms with van der Waals surface area (Å²) in [7, 11) is 0. The third-order valence-electron chi connectivity index (χ3n) is 7.59. The maximum absolute atomic E-state index is 13.2. The van der Waals surface area contributed by atoms with Crippen LogP contribution >= 0.6 is 11.6 Å². The highest BCUT2D eigenvalue weighted by molar-refractivity contribution is 6.34. The number of halogens is 1. The minimum absolute atomic E-state index is 0.0390. The minimum atomic E-state index is -0.512. The average molecular weight is 462 g/mol. The molecule has 1 spiro atoms. The number of likely N-dealkylation sites (tertiary alicyclic amines) is 1. The number of aliphatic hydroxyl groups is 1. The first-order valence-corrected chi connectivity index (χ1v) is 12.1. The molecule has 4 amide bonds. The van der Waals surface area contributed by atoms with Crippen LogP contribution in [0.5, 0.6) is 0 Å². The lowest BCUT2D eigenvalue weighted by atomic mass is 9.65. The number of imide groups is 1. The molecule has 1 aromatic carbocycles. The van der Waals surface area contributed by atoms with Crippen molar-refractivity contribution < 1.29 is 19.5 Å². The molecule has 1 aromatic rings. The largest absolute Gasteiger partial charge is 0.396 e. The number of hydrogen-bond donors (Lipinski definition) is 2. The molecule has 8 heteroatoms. The number of nitrogens with one attached hydrogen (secondary N) is 1.